The molecule has 0 spiro atoms. The maximum absolute atomic E-state index is 14.7. The van der Waals surface area contributed by atoms with E-state index in [-0.39, 0.29) is 59.9 Å². The number of aromatic nitrogens is 1. The molecule has 0 unspecified atom stereocenters. The molecule has 212 valence electrons. The summed E-state index contributed by atoms with van der Waals surface area (Å²) in [5, 5.41) is 12.4. The van der Waals surface area contributed by atoms with Gasteiger partial charge in [-0.15, -0.1) is 0 Å². The summed E-state index contributed by atoms with van der Waals surface area (Å²) < 4.78 is 58.7. The zero-order valence-electron chi connectivity index (χ0n) is 21.7. The molecule has 0 N–H and O–H groups in total. The van der Waals surface area contributed by atoms with Gasteiger partial charge >= 0.3 is 6.61 Å². The van der Waals surface area contributed by atoms with Gasteiger partial charge in [0, 0.05) is 17.5 Å². The maximum atomic E-state index is 14.7. The SMILES string of the molecule is O=Cc1c(C(=O)[O-])c(Cc2ccccc2F)c(-c2ccc(OC(F)F)c(OC3CC3)c2)n1COCc1ccccc1. The Labute approximate surface area is 233 Å². The van der Waals surface area contributed by atoms with Crippen LogP contribution in [-0.4, -0.2) is 29.5 Å². The Balaban J connectivity index is 1.66. The van der Waals surface area contributed by atoms with Gasteiger partial charge in [-0.25, -0.2) is 4.39 Å². The van der Waals surface area contributed by atoms with Crippen LogP contribution in [0.1, 0.15) is 50.4 Å². The molecule has 3 aromatic carbocycles. The summed E-state index contributed by atoms with van der Waals surface area (Å²) >= 11 is 0. The molecule has 0 saturated heterocycles. The standard InChI is InChI=1S/C31H26F3NO6/c32-24-9-5-4-8-20(24)14-23-28(30(37)38)25(16-36)35(18-39-17-19-6-2-1-3-7-19)29(23)21-10-13-26(41-31(33)34)27(15-21)40-22-11-12-22/h1-10,13,15-16,22,31H,11-12,14,17-18H2,(H,37,38)/p-1. The smallest absolute Gasteiger partial charge is 0.387 e. The molecule has 0 radical (unpaired) electrons. The Morgan fingerprint density at radius 2 is 1.76 bits per heavy atom. The minimum absolute atomic E-state index is 0.0303. The molecule has 1 aliphatic rings. The zero-order valence-corrected chi connectivity index (χ0v) is 21.7. The lowest BCUT2D eigenvalue weighted by atomic mass is 9.96. The van der Waals surface area contributed by atoms with Gasteiger partial charge in [-0.3, -0.25) is 4.79 Å². The van der Waals surface area contributed by atoms with Crippen molar-refractivity contribution in [1.29, 1.82) is 0 Å². The van der Waals surface area contributed by atoms with Gasteiger partial charge in [0.2, 0.25) is 0 Å². The number of benzene rings is 3. The number of nitrogens with zero attached hydrogens (tertiary/aromatic N) is 1. The number of aldehydes is 1. The van der Waals surface area contributed by atoms with Crippen molar-refractivity contribution >= 4 is 12.3 Å². The van der Waals surface area contributed by atoms with Gasteiger partial charge in [-0.2, -0.15) is 8.78 Å². The van der Waals surface area contributed by atoms with Gasteiger partial charge in [-0.1, -0.05) is 48.5 Å². The number of rotatable bonds is 13. The first-order valence-corrected chi connectivity index (χ1v) is 12.9. The van der Waals surface area contributed by atoms with Crippen LogP contribution in [0.25, 0.3) is 11.3 Å². The van der Waals surface area contributed by atoms with E-state index in [0.717, 1.165) is 18.4 Å². The number of alkyl halides is 2. The lowest BCUT2D eigenvalue weighted by Gasteiger charge is -2.17. The molecule has 0 atom stereocenters. The lowest BCUT2D eigenvalue weighted by molar-refractivity contribution is -0.255. The van der Waals surface area contributed by atoms with E-state index in [1.54, 1.807) is 6.07 Å². The molecular weight excluding hydrogens is 539 g/mol. The number of carboxylic acid groups (broad SMARTS) is 1. The fraction of sp³-hybridized carbons (Fsp3) is 0.226. The van der Waals surface area contributed by atoms with Crippen molar-refractivity contribution in [3.05, 3.63) is 107 Å². The van der Waals surface area contributed by atoms with Crippen LogP contribution in [0.15, 0.2) is 72.8 Å². The third-order valence-electron chi connectivity index (χ3n) is 6.63. The first-order chi connectivity index (χ1) is 19.9. The summed E-state index contributed by atoms with van der Waals surface area (Å²) in [5.74, 6) is -2.36. The van der Waals surface area contributed by atoms with Crippen molar-refractivity contribution in [2.45, 2.75) is 45.3 Å². The molecule has 0 bridgehead atoms. The molecular formula is C31H25F3NO6-. The van der Waals surface area contributed by atoms with Crippen molar-refractivity contribution in [3.8, 4) is 22.8 Å². The van der Waals surface area contributed by atoms with Gasteiger partial charge in [0.1, 0.15) is 12.5 Å². The lowest BCUT2D eigenvalue weighted by Crippen LogP contribution is -2.25. The fourth-order valence-electron chi connectivity index (χ4n) is 4.65. The summed E-state index contributed by atoms with van der Waals surface area (Å²) in [6.45, 7) is -3.19. The summed E-state index contributed by atoms with van der Waals surface area (Å²) in [4.78, 5) is 24.7. The van der Waals surface area contributed by atoms with Crippen LogP contribution in [0.4, 0.5) is 13.2 Å². The molecule has 4 aromatic rings. The number of carbonyl (C=O) groups excluding carboxylic acids is 2. The van der Waals surface area contributed by atoms with Crippen LogP contribution in [0, 0.1) is 5.82 Å². The van der Waals surface area contributed by atoms with Crippen molar-refractivity contribution in [2.75, 3.05) is 0 Å². The average Bonchev–Trinajstić information content (AvgIpc) is 3.71. The summed E-state index contributed by atoms with van der Waals surface area (Å²) in [6, 6.07) is 19.2. The Kier molecular flexibility index (Phi) is 8.39. The maximum Gasteiger partial charge on any atom is 0.387 e. The van der Waals surface area contributed by atoms with E-state index >= 15 is 0 Å². The number of carboxylic acids is 1. The molecule has 7 nitrogen and oxygen atoms in total. The number of hydrogen-bond acceptors (Lipinski definition) is 6. The van der Waals surface area contributed by atoms with E-state index in [1.165, 1.54) is 41.0 Å². The number of carbonyl (C=O) groups is 2. The highest BCUT2D eigenvalue weighted by Crippen LogP contribution is 2.41. The second kappa shape index (κ2) is 12.3. The largest absolute Gasteiger partial charge is 0.545 e. The highest BCUT2D eigenvalue weighted by Gasteiger charge is 2.29. The molecule has 1 heterocycles. The van der Waals surface area contributed by atoms with E-state index < -0.39 is 24.0 Å². The second-order valence-electron chi connectivity index (χ2n) is 9.51. The average molecular weight is 565 g/mol. The predicted molar refractivity (Wildman–Crippen MR) is 140 cm³/mol. The van der Waals surface area contributed by atoms with E-state index in [0.29, 0.717) is 11.8 Å². The Morgan fingerprint density at radius 1 is 1.02 bits per heavy atom. The Hall–Kier alpha value is -4.57. The van der Waals surface area contributed by atoms with Crippen LogP contribution in [0.2, 0.25) is 0 Å². The summed E-state index contributed by atoms with van der Waals surface area (Å²) in [5.41, 5.74) is 1.01. The van der Waals surface area contributed by atoms with Gasteiger partial charge in [-0.05, 0) is 53.8 Å². The number of ether oxygens (including phenoxy) is 3. The number of aromatic carboxylic acids is 1. The second-order valence-corrected chi connectivity index (χ2v) is 9.51. The van der Waals surface area contributed by atoms with Crippen LogP contribution in [0.5, 0.6) is 11.5 Å². The third-order valence-corrected chi connectivity index (χ3v) is 6.63. The van der Waals surface area contributed by atoms with Gasteiger partial charge in [0.15, 0.2) is 17.8 Å². The minimum atomic E-state index is -3.10. The number of hydrogen-bond donors (Lipinski definition) is 0. The Bertz CT molecular complexity index is 1550. The highest BCUT2D eigenvalue weighted by atomic mass is 19.3. The first-order valence-electron chi connectivity index (χ1n) is 12.9. The fourth-order valence-corrected chi connectivity index (χ4v) is 4.65. The van der Waals surface area contributed by atoms with Gasteiger partial charge in [0.25, 0.3) is 0 Å². The molecule has 41 heavy (non-hydrogen) atoms. The minimum Gasteiger partial charge on any atom is -0.545 e. The third kappa shape index (κ3) is 6.44. The number of halogens is 3. The molecule has 0 amide bonds. The molecule has 1 fully saturated rings. The molecule has 5 rings (SSSR count). The van der Waals surface area contributed by atoms with Gasteiger partial charge in [0.05, 0.1) is 30.1 Å². The summed E-state index contributed by atoms with van der Waals surface area (Å²) in [6.07, 6.45) is 1.48. The van der Waals surface area contributed by atoms with E-state index in [1.807, 2.05) is 30.3 Å². The van der Waals surface area contributed by atoms with Crippen LogP contribution >= 0.6 is 0 Å². The molecule has 10 heteroatoms. The van der Waals surface area contributed by atoms with Crippen molar-refractivity contribution in [3.63, 3.8) is 0 Å². The van der Waals surface area contributed by atoms with Crippen molar-refractivity contribution < 1.29 is 42.1 Å². The van der Waals surface area contributed by atoms with Crippen LogP contribution in [-0.2, 0) is 24.5 Å². The first kappa shape index (κ1) is 28.0. The normalized spacial score (nSPS) is 12.9. The molecule has 1 aromatic heterocycles. The highest BCUT2D eigenvalue weighted by molar-refractivity contribution is 6.00. The van der Waals surface area contributed by atoms with E-state index in [9.17, 15) is 27.9 Å². The monoisotopic (exact) mass is 564 g/mol. The molecule has 0 aliphatic heterocycles. The molecule has 1 aliphatic carbocycles. The van der Waals surface area contributed by atoms with E-state index in [4.69, 9.17) is 9.47 Å². The van der Waals surface area contributed by atoms with Crippen molar-refractivity contribution in [2.24, 2.45) is 0 Å². The quantitative estimate of drug-likeness (QED) is 0.203. The topological polar surface area (TPSA) is 89.8 Å². The van der Waals surface area contributed by atoms with Crippen LogP contribution in [0.3, 0.4) is 0 Å². The Morgan fingerprint density at radius 3 is 2.41 bits per heavy atom. The van der Waals surface area contributed by atoms with Gasteiger partial charge < -0.3 is 28.7 Å². The predicted octanol–water partition coefficient (Wildman–Crippen LogP) is 5.38. The van der Waals surface area contributed by atoms with Crippen LogP contribution < -0.4 is 14.6 Å². The zero-order chi connectivity index (χ0) is 28.9. The summed E-state index contributed by atoms with van der Waals surface area (Å²) in [7, 11) is 0. The van der Waals surface area contributed by atoms with E-state index in [2.05, 4.69) is 4.74 Å². The van der Waals surface area contributed by atoms with Crippen molar-refractivity contribution in [1.82, 2.24) is 4.57 Å². The molecule has 1 saturated carbocycles.